The number of rotatable bonds is 9. The molecule has 0 spiro atoms. The van der Waals surface area contributed by atoms with Crippen LogP contribution in [0.5, 0.6) is 0 Å². The quantitative estimate of drug-likeness (QED) is 0.379. The summed E-state index contributed by atoms with van der Waals surface area (Å²) in [5.74, 6) is -0.208. The average molecular weight is 536 g/mol. The van der Waals surface area contributed by atoms with Crippen molar-refractivity contribution in [2.75, 3.05) is 6.54 Å². The first-order chi connectivity index (χ1) is 17.6. The molecule has 37 heavy (non-hydrogen) atoms. The minimum atomic E-state index is -2.58. The van der Waals surface area contributed by atoms with Crippen LogP contribution in [-0.4, -0.2) is 55.5 Å². The first-order valence-corrected chi connectivity index (χ1v) is 15.0. The van der Waals surface area contributed by atoms with Crippen LogP contribution in [0.1, 0.15) is 111 Å². The summed E-state index contributed by atoms with van der Waals surface area (Å²) in [6.07, 6.45) is 5.37. The van der Waals surface area contributed by atoms with Crippen molar-refractivity contribution in [3.8, 4) is 0 Å². The Morgan fingerprint density at radius 2 is 1.73 bits per heavy atom. The number of aromatic nitrogens is 3. The number of hydrogen-bond acceptors (Lipinski definition) is 6. The van der Waals surface area contributed by atoms with E-state index in [1.165, 1.54) is 22.6 Å². The smallest absolute Gasteiger partial charge is 0.248 e. The molecule has 0 radical (unpaired) electrons. The molecule has 0 amide bonds. The first kappa shape index (κ1) is 27.2. The van der Waals surface area contributed by atoms with E-state index >= 15 is 0 Å². The molecule has 2 saturated heterocycles. The van der Waals surface area contributed by atoms with E-state index in [4.69, 9.17) is 0 Å². The Balaban J connectivity index is 1.23. The lowest BCUT2D eigenvalue weighted by molar-refractivity contribution is -0.0683. The van der Waals surface area contributed by atoms with Crippen LogP contribution in [0.25, 0.3) is 0 Å². The number of aryl methyl sites for hydroxylation is 2. The van der Waals surface area contributed by atoms with Gasteiger partial charge < -0.3 is 9.67 Å². The Hall–Kier alpha value is -1.42. The van der Waals surface area contributed by atoms with Gasteiger partial charge in [-0.2, -0.15) is 0 Å². The molecule has 3 unspecified atom stereocenters. The number of fused-ring (bicyclic) bond motifs is 2. The molecular formula is C28H43F2N5OS. The number of hydrogen-bond donors (Lipinski definition) is 2. The zero-order chi connectivity index (χ0) is 26.3. The van der Waals surface area contributed by atoms with E-state index in [0.717, 1.165) is 37.5 Å². The molecular weight excluding hydrogens is 492 g/mol. The fourth-order valence-corrected chi connectivity index (χ4v) is 7.97. The summed E-state index contributed by atoms with van der Waals surface area (Å²) >= 11 is 1.76. The summed E-state index contributed by atoms with van der Waals surface area (Å²) in [6.45, 7) is 9.54. The lowest BCUT2D eigenvalue weighted by atomic mass is 9.85. The third-order valence-electron chi connectivity index (χ3n) is 8.99. The number of thiophene rings is 1. The van der Waals surface area contributed by atoms with Crippen molar-refractivity contribution in [3.05, 3.63) is 33.5 Å². The van der Waals surface area contributed by atoms with Gasteiger partial charge in [0.2, 0.25) is 5.92 Å². The highest BCUT2D eigenvalue weighted by Gasteiger charge is 2.43. The lowest BCUT2D eigenvalue weighted by Gasteiger charge is -2.41. The summed E-state index contributed by atoms with van der Waals surface area (Å²) in [7, 11) is 0. The number of aliphatic hydroxyl groups is 1. The van der Waals surface area contributed by atoms with E-state index < -0.39 is 12.2 Å². The van der Waals surface area contributed by atoms with Gasteiger partial charge >= 0.3 is 0 Å². The predicted molar refractivity (Wildman–Crippen MR) is 143 cm³/mol. The summed E-state index contributed by atoms with van der Waals surface area (Å²) < 4.78 is 29.7. The second-order valence-electron chi connectivity index (χ2n) is 12.0. The molecule has 4 atom stereocenters. The van der Waals surface area contributed by atoms with Crippen LogP contribution in [0.2, 0.25) is 0 Å². The van der Waals surface area contributed by atoms with E-state index in [2.05, 4.69) is 64.8 Å². The molecule has 2 aliphatic heterocycles. The van der Waals surface area contributed by atoms with Gasteiger partial charge in [-0.1, -0.05) is 13.8 Å². The molecule has 2 bridgehead atoms. The average Bonchev–Trinajstić information content (AvgIpc) is 3.51. The maximum atomic E-state index is 13.7. The highest BCUT2D eigenvalue weighted by Crippen LogP contribution is 2.43. The van der Waals surface area contributed by atoms with Crippen molar-refractivity contribution in [3.63, 3.8) is 0 Å². The molecule has 2 N–H and O–H groups in total. The standard InChI is InChI=1S/C28H43F2N5OS/c1-17(2)26-33-32-19(4)35(26)23-15-21-6-7-22(16-23)34(21)14-11-24(25-8-5-18(3)37-25)31-27(36)20-9-12-28(29,30)13-10-20/h5,8,17,20-24,27,31,36H,6-7,9-16H2,1-4H3/t21?,22?,23?,24-,27?/m0/s1. The Morgan fingerprint density at radius 1 is 1.05 bits per heavy atom. The van der Waals surface area contributed by atoms with E-state index in [1.807, 2.05) is 0 Å². The van der Waals surface area contributed by atoms with Crippen LogP contribution < -0.4 is 5.32 Å². The van der Waals surface area contributed by atoms with E-state index in [-0.39, 0.29) is 24.8 Å². The summed E-state index contributed by atoms with van der Waals surface area (Å²) in [4.78, 5) is 5.18. The summed E-state index contributed by atoms with van der Waals surface area (Å²) in [5, 5.41) is 23.3. The van der Waals surface area contributed by atoms with Crippen molar-refractivity contribution in [2.24, 2.45) is 5.92 Å². The fourth-order valence-electron chi connectivity index (χ4n) is 7.00. The zero-order valence-corrected chi connectivity index (χ0v) is 23.5. The third-order valence-corrected chi connectivity index (χ3v) is 10.1. The van der Waals surface area contributed by atoms with Gasteiger partial charge in [-0.3, -0.25) is 10.2 Å². The first-order valence-electron chi connectivity index (χ1n) is 14.2. The zero-order valence-electron chi connectivity index (χ0n) is 22.7. The van der Waals surface area contributed by atoms with Gasteiger partial charge in [0.1, 0.15) is 17.9 Å². The van der Waals surface area contributed by atoms with Crippen LogP contribution in [0.15, 0.2) is 12.1 Å². The highest BCUT2D eigenvalue weighted by molar-refractivity contribution is 7.12. The minimum absolute atomic E-state index is 0.0286. The Morgan fingerprint density at radius 3 is 2.32 bits per heavy atom. The van der Waals surface area contributed by atoms with Gasteiger partial charge in [-0.15, -0.1) is 21.5 Å². The molecule has 5 rings (SSSR count). The molecule has 0 aromatic carbocycles. The summed E-state index contributed by atoms with van der Waals surface area (Å²) in [6, 6.07) is 5.89. The van der Waals surface area contributed by atoms with Gasteiger partial charge in [-0.05, 0) is 76.8 Å². The van der Waals surface area contributed by atoms with Crippen molar-refractivity contribution in [1.82, 2.24) is 25.0 Å². The normalized spacial score (nSPS) is 28.2. The third kappa shape index (κ3) is 5.94. The Bertz CT molecular complexity index is 1030. The maximum Gasteiger partial charge on any atom is 0.248 e. The van der Waals surface area contributed by atoms with E-state index in [1.54, 1.807) is 11.3 Å². The molecule has 1 saturated carbocycles. The van der Waals surface area contributed by atoms with Gasteiger partial charge in [0.25, 0.3) is 0 Å². The number of alkyl halides is 2. The van der Waals surface area contributed by atoms with Crippen LogP contribution in [0, 0.1) is 19.8 Å². The van der Waals surface area contributed by atoms with Gasteiger partial charge in [0, 0.05) is 59.2 Å². The van der Waals surface area contributed by atoms with Crippen LogP contribution in [-0.2, 0) is 0 Å². The van der Waals surface area contributed by atoms with Crippen molar-refractivity contribution in [2.45, 2.75) is 128 Å². The number of nitrogens with one attached hydrogen (secondary N) is 1. The molecule has 6 nitrogen and oxygen atoms in total. The Labute approximate surface area is 223 Å². The van der Waals surface area contributed by atoms with Crippen LogP contribution in [0.4, 0.5) is 8.78 Å². The molecule has 206 valence electrons. The number of nitrogens with zero attached hydrogens (tertiary/aromatic N) is 4. The monoisotopic (exact) mass is 535 g/mol. The largest absolute Gasteiger partial charge is 0.378 e. The van der Waals surface area contributed by atoms with Crippen LogP contribution in [0.3, 0.4) is 0 Å². The van der Waals surface area contributed by atoms with Gasteiger partial charge in [0.05, 0.1) is 0 Å². The van der Waals surface area contributed by atoms with Gasteiger partial charge in [0.15, 0.2) is 0 Å². The molecule has 2 aromatic rings. The molecule has 3 aliphatic rings. The van der Waals surface area contributed by atoms with Crippen molar-refractivity contribution >= 4 is 11.3 Å². The number of aliphatic hydroxyl groups excluding tert-OH is 1. The highest BCUT2D eigenvalue weighted by atomic mass is 32.1. The number of halogens is 2. The maximum absolute atomic E-state index is 13.7. The molecule has 3 fully saturated rings. The fraction of sp³-hybridized carbons (Fsp3) is 0.786. The topological polar surface area (TPSA) is 66.2 Å². The van der Waals surface area contributed by atoms with Crippen LogP contribution >= 0.6 is 11.3 Å². The molecule has 2 aromatic heterocycles. The lowest BCUT2D eigenvalue weighted by Crippen LogP contribution is -2.46. The van der Waals surface area contributed by atoms with Crippen molar-refractivity contribution < 1.29 is 13.9 Å². The SMILES string of the molecule is Cc1ccc([C@H](CCN2C3CCC2CC(n2c(C)nnc2C(C)C)C3)NC(O)C2CCC(F)(F)CC2)s1. The molecule has 4 heterocycles. The second-order valence-corrected chi connectivity index (χ2v) is 13.3. The molecule has 1 aliphatic carbocycles. The molecule has 9 heteroatoms. The predicted octanol–water partition coefficient (Wildman–Crippen LogP) is 6.11. The second kappa shape index (κ2) is 11.0. The number of piperidine rings is 1. The van der Waals surface area contributed by atoms with E-state index in [0.29, 0.717) is 36.9 Å². The minimum Gasteiger partial charge on any atom is -0.378 e. The van der Waals surface area contributed by atoms with Crippen molar-refractivity contribution in [1.29, 1.82) is 0 Å². The van der Waals surface area contributed by atoms with Gasteiger partial charge in [-0.25, -0.2) is 8.78 Å². The Kier molecular flexibility index (Phi) is 8.06. The van der Waals surface area contributed by atoms with E-state index in [9.17, 15) is 13.9 Å². The summed E-state index contributed by atoms with van der Waals surface area (Å²) in [5.41, 5.74) is 0.